The van der Waals surface area contributed by atoms with E-state index in [9.17, 15) is 18.0 Å². The summed E-state index contributed by atoms with van der Waals surface area (Å²) in [5, 5.41) is 6.09. The minimum Gasteiger partial charge on any atom is -0.325 e. The van der Waals surface area contributed by atoms with Crippen LogP contribution in [-0.4, -0.2) is 19.0 Å². The molecule has 2 aromatic rings. The van der Waals surface area contributed by atoms with E-state index in [4.69, 9.17) is 11.6 Å². The van der Waals surface area contributed by atoms with Crippen LogP contribution < -0.4 is 10.6 Å². The second kappa shape index (κ2) is 8.87. The molecule has 25 heavy (non-hydrogen) atoms. The molecule has 2 aromatic carbocycles. The van der Waals surface area contributed by atoms with Crippen molar-refractivity contribution in [2.24, 2.45) is 0 Å². The van der Waals surface area contributed by atoms with Gasteiger partial charge in [-0.15, -0.1) is 0 Å². The number of rotatable bonds is 7. The molecule has 0 saturated heterocycles. The number of alkyl halides is 3. The van der Waals surface area contributed by atoms with Crippen molar-refractivity contribution in [2.45, 2.75) is 19.0 Å². The summed E-state index contributed by atoms with van der Waals surface area (Å²) >= 11 is 5.81. The van der Waals surface area contributed by atoms with E-state index in [1.54, 1.807) is 0 Å². The van der Waals surface area contributed by atoms with Gasteiger partial charge in [0, 0.05) is 18.0 Å². The Hall–Kier alpha value is -2.05. The smallest absolute Gasteiger partial charge is 0.325 e. The topological polar surface area (TPSA) is 41.1 Å². The average Bonchev–Trinajstić information content (AvgIpc) is 2.56. The highest BCUT2D eigenvalue weighted by Gasteiger charge is 2.33. The van der Waals surface area contributed by atoms with Gasteiger partial charge in [0.2, 0.25) is 5.91 Å². The predicted octanol–water partition coefficient (Wildman–Crippen LogP) is 4.52. The SMILES string of the molecule is O=C(CCNCCc1ccc(Cl)cc1)Nc1ccccc1C(F)(F)F. The van der Waals surface area contributed by atoms with Crippen LogP contribution in [0.1, 0.15) is 17.5 Å². The molecule has 0 spiro atoms. The Morgan fingerprint density at radius 3 is 2.36 bits per heavy atom. The number of amides is 1. The quantitative estimate of drug-likeness (QED) is 0.703. The lowest BCUT2D eigenvalue weighted by molar-refractivity contribution is -0.137. The maximum Gasteiger partial charge on any atom is 0.418 e. The first-order valence-corrected chi connectivity index (χ1v) is 8.15. The average molecular weight is 371 g/mol. The van der Waals surface area contributed by atoms with Gasteiger partial charge in [0.1, 0.15) is 0 Å². The zero-order valence-corrected chi connectivity index (χ0v) is 14.1. The molecule has 0 aliphatic carbocycles. The lowest BCUT2D eigenvalue weighted by Gasteiger charge is -2.13. The Kier molecular flexibility index (Phi) is 6.84. The number of halogens is 4. The zero-order valence-electron chi connectivity index (χ0n) is 13.4. The van der Waals surface area contributed by atoms with Crippen molar-refractivity contribution in [1.29, 1.82) is 0 Å². The number of para-hydroxylation sites is 1. The van der Waals surface area contributed by atoms with Crippen LogP contribution in [0.25, 0.3) is 0 Å². The molecule has 3 nitrogen and oxygen atoms in total. The summed E-state index contributed by atoms with van der Waals surface area (Å²) in [7, 11) is 0. The predicted molar refractivity (Wildman–Crippen MR) is 92.7 cm³/mol. The highest BCUT2D eigenvalue weighted by molar-refractivity contribution is 6.30. The van der Waals surface area contributed by atoms with E-state index in [1.807, 2.05) is 24.3 Å². The fourth-order valence-electron chi connectivity index (χ4n) is 2.26. The van der Waals surface area contributed by atoms with Crippen LogP contribution in [0.15, 0.2) is 48.5 Å². The van der Waals surface area contributed by atoms with Crippen molar-refractivity contribution in [3.8, 4) is 0 Å². The lowest BCUT2D eigenvalue weighted by Crippen LogP contribution is -2.24. The summed E-state index contributed by atoms with van der Waals surface area (Å²) in [6.07, 6.45) is -3.64. The van der Waals surface area contributed by atoms with Crippen LogP contribution >= 0.6 is 11.6 Å². The molecule has 0 heterocycles. The van der Waals surface area contributed by atoms with E-state index in [0.717, 1.165) is 18.1 Å². The third kappa shape index (κ3) is 6.40. The van der Waals surface area contributed by atoms with Gasteiger partial charge in [-0.3, -0.25) is 4.79 Å². The highest BCUT2D eigenvalue weighted by Crippen LogP contribution is 2.34. The number of hydrogen-bond acceptors (Lipinski definition) is 2. The zero-order chi connectivity index (χ0) is 18.3. The molecule has 2 rings (SSSR count). The molecule has 0 aliphatic heterocycles. The monoisotopic (exact) mass is 370 g/mol. The van der Waals surface area contributed by atoms with Gasteiger partial charge < -0.3 is 10.6 Å². The van der Waals surface area contributed by atoms with Crippen molar-refractivity contribution in [1.82, 2.24) is 5.32 Å². The molecule has 134 valence electrons. The van der Waals surface area contributed by atoms with E-state index in [0.29, 0.717) is 18.1 Å². The van der Waals surface area contributed by atoms with Crippen LogP contribution in [0.5, 0.6) is 0 Å². The number of carbonyl (C=O) groups is 1. The van der Waals surface area contributed by atoms with Crippen molar-refractivity contribution in [2.75, 3.05) is 18.4 Å². The molecule has 0 aliphatic rings. The lowest BCUT2D eigenvalue weighted by atomic mass is 10.1. The minimum atomic E-state index is -4.50. The summed E-state index contributed by atoms with van der Waals surface area (Å²) in [5.41, 5.74) is 0.0423. The molecule has 0 atom stereocenters. The van der Waals surface area contributed by atoms with Crippen LogP contribution in [0.2, 0.25) is 5.02 Å². The molecule has 0 aromatic heterocycles. The van der Waals surface area contributed by atoms with Gasteiger partial charge in [0.05, 0.1) is 11.3 Å². The summed E-state index contributed by atoms with van der Waals surface area (Å²) in [4.78, 5) is 11.8. The van der Waals surface area contributed by atoms with Gasteiger partial charge in [-0.1, -0.05) is 35.9 Å². The van der Waals surface area contributed by atoms with Crippen molar-refractivity contribution >= 4 is 23.2 Å². The summed E-state index contributed by atoms with van der Waals surface area (Å²) in [5.74, 6) is -0.462. The second-order valence-electron chi connectivity index (χ2n) is 5.47. The number of anilines is 1. The standard InChI is InChI=1S/C18H18ClF3N2O/c19-14-7-5-13(6-8-14)9-11-23-12-10-17(25)24-16-4-2-1-3-15(16)18(20,21)22/h1-8,23H,9-12H2,(H,24,25). The van der Waals surface area contributed by atoms with Crippen molar-refractivity contribution in [3.05, 3.63) is 64.7 Å². The molecule has 0 bridgehead atoms. The first kappa shape index (κ1) is 19.3. The van der Waals surface area contributed by atoms with Gasteiger partial charge >= 0.3 is 6.18 Å². The first-order valence-electron chi connectivity index (χ1n) is 7.77. The van der Waals surface area contributed by atoms with Crippen molar-refractivity contribution < 1.29 is 18.0 Å². The highest BCUT2D eigenvalue weighted by atomic mass is 35.5. The van der Waals surface area contributed by atoms with Crippen molar-refractivity contribution in [3.63, 3.8) is 0 Å². The number of benzene rings is 2. The van der Waals surface area contributed by atoms with E-state index < -0.39 is 17.6 Å². The van der Waals surface area contributed by atoms with E-state index >= 15 is 0 Å². The van der Waals surface area contributed by atoms with Crippen LogP contribution in [0.3, 0.4) is 0 Å². The van der Waals surface area contributed by atoms with Gasteiger partial charge in [0.15, 0.2) is 0 Å². The Morgan fingerprint density at radius 1 is 1.00 bits per heavy atom. The largest absolute Gasteiger partial charge is 0.418 e. The molecule has 1 amide bonds. The molecule has 7 heteroatoms. The fourth-order valence-corrected chi connectivity index (χ4v) is 2.39. The van der Waals surface area contributed by atoms with Crippen LogP contribution in [-0.2, 0) is 17.4 Å². The summed E-state index contributed by atoms with van der Waals surface area (Å²) < 4.78 is 38.6. The molecule has 0 saturated carbocycles. The molecular formula is C18H18ClF3N2O. The van der Waals surface area contributed by atoms with E-state index in [-0.39, 0.29) is 12.1 Å². The summed E-state index contributed by atoms with van der Waals surface area (Å²) in [6.45, 7) is 1.04. The fraction of sp³-hybridized carbons (Fsp3) is 0.278. The third-order valence-electron chi connectivity index (χ3n) is 3.54. The second-order valence-corrected chi connectivity index (χ2v) is 5.90. The Balaban J connectivity index is 1.73. The molecule has 0 unspecified atom stereocenters. The van der Waals surface area contributed by atoms with Gasteiger partial charge in [-0.2, -0.15) is 13.2 Å². The Morgan fingerprint density at radius 2 is 1.68 bits per heavy atom. The van der Waals surface area contributed by atoms with Crippen LogP contribution in [0.4, 0.5) is 18.9 Å². The normalized spacial score (nSPS) is 11.4. The number of nitrogens with one attached hydrogen (secondary N) is 2. The maximum atomic E-state index is 12.9. The van der Waals surface area contributed by atoms with Gasteiger partial charge in [-0.25, -0.2) is 0 Å². The van der Waals surface area contributed by atoms with Crippen LogP contribution in [0, 0.1) is 0 Å². The Bertz CT molecular complexity index is 702. The molecule has 0 fully saturated rings. The maximum absolute atomic E-state index is 12.9. The minimum absolute atomic E-state index is 0.0901. The third-order valence-corrected chi connectivity index (χ3v) is 3.79. The van der Waals surface area contributed by atoms with E-state index in [2.05, 4.69) is 10.6 Å². The summed E-state index contributed by atoms with van der Waals surface area (Å²) in [6, 6.07) is 12.4. The van der Waals surface area contributed by atoms with Gasteiger partial charge in [0.25, 0.3) is 0 Å². The number of carbonyl (C=O) groups excluding carboxylic acids is 1. The number of hydrogen-bond donors (Lipinski definition) is 2. The van der Waals surface area contributed by atoms with Gasteiger partial charge in [-0.05, 0) is 42.8 Å². The molecule has 0 radical (unpaired) electrons. The molecular weight excluding hydrogens is 353 g/mol. The molecule has 2 N–H and O–H groups in total. The van der Waals surface area contributed by atoms with E-state index in [1.165, 1.54) is 18.2 Å². The first-order chi connectivity index (χ1) is 11.9. The Labute approximate surface area is 149 Å².